The van der Waals surface area contributed by atoms with Crippen LogP contribution in [0.3, 0.4) is 0 Å². The Labute approximate surface area is 137 Å². The van der Waals surface area contributed by atoms with Crippen LogP contribution in [0.5, 0.6) is 0 Å². The third kappa shape index (κ3) is 3.86. The highest BCUT2D eigenvalue weighted by atomic mass is 79.9. The van der Waals surface area contributed by atoms with Crippen LogP contribution in [0.1, 0.15) is 5.56 Å². The minimum Gasteiger partial charge on any atom is -0.278 e. The molecule has 0 bridgehead atoms. The highest BCUT2D eigenvalue weighted by Crippen LogP contribution is 2.26. The van der Waals surface area contributed by atoms with Crippen LogP contribution in [-0.4, -0.2) is 16.8 Å². The first-order chi connectivity index (χ1) is 10.1. The summed E-state index contributed by atoms with van der Waals surface area (Å²) in [4.78, 5) is -0.454. The number of benzene rings is 2. The molecule has 2 rings (SSSR count). The van der Waals surface area contributed by atoms with Crippen LogP contribution in [0.25, 0.3) is 0 Å². The normalized spacial score (nSPS) is 12.1. The maximum Gasteiger partial charge on any atom is 0.261 e. The van der Waals surface area contributed by atoms with Crippen molar-refractivity contribution in [1.29, 1.82) is 0 Å². The Balaban J connectivity index is 2.43. The van der Waals surface area contributed by atoms with Gasteiger partial charge in [-0.15, -0.1) is 0 Å². The number of sulfonamides is 2. The van der Waals surface area contributed by atoms with Gasteiger partial charge in [-0.2, -0.15) is 0 Å². The molecule has 3 N–H and O–H groups in total. The highest BCUT2D eigenvalue weighted by Gasteiger charge is 2.18. The number of rotatable bonds is 4. The van der Waals surface area contributed by atoms with E-state index in [1.807, 2.05) is 6.92 Å². The molecule has 0 aliphatic carbocycles. The van der Waals surface area contributed by atoms with Crippen LogP contribution in [-0.2, 0) is 20.0 Å². The number of hydrogen-bond donors (Lipinski definition) is 2. The van der Waals surface area contributed by atoms with Crippen molar-refractivity contribution in [2.24, 2.45) is 5.14 Å². The number of hydrogen-bond acceptors (Lipinski definition) is 4. The average molecular weight is 405 g/mol. The Kier molecular flexibility index (Phi) is 4.62. The maximum atomic E-state index is 12.4. The summed E-state index contributed by atoms with van der Waals surface area (Å²) in [5.74, 6) is 0. The van der Waals surface area contributed by atoms with E-state index in [2.05, 4.69) is 20.7 Å². The lowest BCUT2D eigenvalue weighted by molar-refractivity contribution is 0.597. The summed E-state index contributed by atoms with van der Waals surface area (Å²) < 4.78 is 50.3. The van der Waals surface area contributed by atoms with Crippen molar-refractivity contribution < 1.29 is 16.8 Å². The van der Waals surface area contributed by atoms with Gasteiger partial charge in [-0.05, 0) is 58.7 Å². The fourth-order valence-electron chi connectivity index (χ4n) is 1.72. The molecule has 2 aromatic carbocycles. The average Bonchev–Trinajstić information content (AvgIpc) is 2.41. The lowest BCUT2D eigenvalue weighted by atomic mass is 10.2. The molecule has 0 aliphatic heterocycles. The van der Waals surface area contributed by atoms with Gasteiger partial charge in [-0.25, -0.2) is 22.0 Å². The van der Waals surface area contributed by atoms with Crippen molar-refractivity contribution in [2.75, 3.05) is 4.72 Å². The van der Waals surface area contributed by atoms with E-state index in [4.69, 9.17) is 5.14 Å². The zero-order chi connectivity index (χ0) is 16.5. The summed E-state index contributed by atoms with van der Waals surface area (Å²) >= 11 is 3.28. The molecule has 0 saturated carbocycles. The Morgan fingerprint density at radius 1 is 1.00 bits per heavy atom. The van der Waals surface area contributed by atoms with Crippen LogP contribution in [0.15, 0.2) is 56.7 Å². The molecule has 0 heterocycles. The Bertz CT molecular complexity index is 925. The van der Waals surface area contributed by atoms with Gasteiger partial charge in [-0.1, -0.05) is 12.1 Å². The molecule has 2 aromatic rings. The quantitative estimate of drug-likeness (QED) is 0.813. The van der Waals surface area contributed by atoms with Crippen molar-refractivity contribution in [3.05, 3.63) is 52.5 Å². The highest BCUT2D eigenvalue weighted by molar-refractivity contribution is 9.10. The summed E-state index contributed by atoms with van der Waals surface area (Å²) in [7, 11) is -7.91. The zero-order valence-corrected chi connectivity index (χ0v) is 14.7. The number of halogens is 1. The van der Waals surface area contributed by atoms with E-state index in [0.29, 0.717) is 10.2 Å². The molecule has 0 saturated heterocycles. The van der Waals surface area contributed by atoms with E-state index in [1.165, 1.54) is 18.2 Å². The van der Waals surface area contributed by atoms with Crippen molar-refractivity contribution in [3.8, 4) is 0 Å². The topological polar surface area (TPSA) is 106 Å². The second kappa shape index (κ2) is 5.99. The van der Waals surface area contributed by atoms with Gasteiger partial charge in [0.25, 0.3) is 10.0 Å². The predicted molar refractivity (Wildman–Crippen MR) is 87.5 cm³/mol. The Morgan fingerprint density at radius 3 is 2.23 bits per heavy atom. The number of anilines is 1. The fourth-order valence-corrected chi connectivity index (χ4v) is 4.21. The first-order valence-corrected chi connectivity index (χ1v) is 9.84. The summed E-state index contributed by atoms with van der Waals surface area (Å²) in [5, 5.41) is 5.01. The minimum atomic E-state index is -3.97. The Morgan fingerprint density at radius 2 is 1.64 bits per heavy atom. The molecular weight excluding hydrogens is 392 g/mol. The van der Waals surface area contributed by atoms with E-state index in [1.54, 1.807) is 18.2 Å². The number of nitrogens with one attached hydrogen (secondary N) is 1. The molecule has 0 atom stereocenters. The van der Waals surface area contributed by atoms with Crippen molar-refractivity contribution in [2.45, 2.75) is 16.7 Å². The number of primary sulfonamides is 1. The summed E-state index contributed by atoms with van der Waals surface area (Å²) in [6, 6.07) is 9.98. The lowest BCUT2D eigenvalue weighted by Gasteiger charge is -2.11. The maximum absolute atomic E-state index is 12.4. The van der Waals surface area contributed by atoms with E-state index in [-0.39, 0.29) is 9.79 Å². The van der Waals surface area contributed by atoms with Crippen LogP contribution in [0, 0.1) is 6.92 Å². The molecular formula is C13H13BrN2O4S2. The second-order valence-corrected chi connectivity index (χ2v) is 8.71. The molecule has 0 aliphatic rings. The molecule has 0 spiro atoms. The molecule has 0 amide bonds. The number of aryl methyl sites for hydroxylation is 1. The van der Waals surface area contributed by atoms with Crippen molar-refractivity contribution >= 4 is 41.7 Å². The first-order valence-electron chi connectivity index (χ1n) is 6.01. The van der Waals surface area contributed by atoms with Gasteiger partial charge in [0.05, 0.1) is 15.5 Å². The smallest absolute Gasteiger partial charge is 0.261 e. The van der Waals surface area contributed by atoms with E-state index in [9.17, 15) is 16.8 Å². The fraction of sp³-hybridized carbons (Fsp3) is 0.0769. The van der Waals surface area contributed by atoms with Gasteiger partial charge >= 0.3 is 0 Å². The third-order valence-corrected chi connectivity index (χ3v) is 5.74. The molecule has 9 heteroatoms. The van der Waals surface area contributed by atoms with Gasteiger partial charge in [-0.3, -0.25) is 4.72 Å². The minimum absolute atomic E-state index is 0.188. The third-order valence-electron chi connectivity index (χ3n) is 2.81. The Hall–Kier alpha value is -1.42. The molecule has 0 unspecified atom stereocenters. The van der Waals surface area contributed by atoms with Gasteiger partial charge in [0, 0.05) is 4.47 Å². The lowest BCUT2D eigenvalue weighted by Crippen LogP contribution is -2.16. The zero-order valence-electron chi connectivity index (χ0n) is 11.4. The van der Waals surface area contributed by atoms with Gasteiger partial charge in [0.15, 0.2) is 0 Å². The monoisotopic (exact) mass is 404 g/mol. The SMILES string of the molecule is Cc1ccc(NS(=O)(=O)c2cccc(S(N)(=O)=O)c2)c(Br)c1. The van der Waals surface area contributed by atoms with Gasteiger partial charge in [0.1, 0.15) is 0 Å². The summed E-state index contributed by atoms with van der Waals surface area (Å²) in [5.41, 5.74) is 1.32. The van der Waals surface area contributed by atoms with Crippen molar-refractivity contribution in [3.63, 3.8) is 0 Å². The molecule has 0 fully saturated rings. The predicted octanol–water partition coefficient (Wildman–Crippen LogP) is 2.21. The van der Waals surface area contributed by atoms with Gasteiger partial charge < -0.3 is 0 Å². The first kappa shape index (κ1) is 16.9. The van der Waals surface area contributed by atoms with E-state index in [0.717, 1.165) is 11.6 Å². The number of nitrogens with two attached hydrogens (primary N) is 1. The van der Waals surface area contributed by atoms with Crippen molar-refractivity contribution in [1.82, 2.24) is 0 Å². The standard InChI is InChI=1S/C13H13BrN2O4S2/c1-9-5-6-13(12(14)7-9)16-22(19,20)11-4-2-3-10(8-11)21(15,17)18/h2-8,16H,1H3,(H2,15,17,18). The molecule has 118 valence electrons. The largest absolute Gasteiger partial charge is 0.278 e. The molecule has 6 nitrogen and oxygen atoms in total. The summed E-state index contributed by atoms with van der Waals surface area (Å²) in [6.07, 6.45) is 0. The van der Waals surface area contributed by atoms with Crippen LogP contribution < -0.4 is 9.86 Å². The molecule has 0 radical (unpaired) electrons. The van der Waals surface area contributed by atoms with E-state index < -0.39 is 20.0 Å². The molecule has 0 aromatic heterocycles. The van der Waals surface area contributed by atoms with Crippen LogP contribution in [0.4, 0.5) is 5.69 Å². The molecule has 22 heavy (non-hydrogen) atoms. The van der Waals surface area contributed by atoms with E-state index >= 15 is 0 Å². The van der Waals surface area contributed by atoms with Gasteiger partial charge in [0.2, 0.25) is 10.0 Å². The van der Waals surface area contributed by atoms with Crippen LogP contribution in [0.2, 0.25) is 0 Å². The second-order valence-electron chi connectivity index (χ2n) is 4.61. The summed E-state index contributed by atoms with van der Waals surface area (Å²) in [6.45, 7) is 1.87. The van der Waals surface area contributed by atoms with Crippen LogP contribution >= 0.6 is 15.9 Å².